The van der Waals surface area contributed by atoms with Crippen molar-refractivity contribution in [1.82, 2.24) is 34.2 Å². The fraction of sp³-hybridized carbons (Fsp3) is 0.455. The normalized spacial score (nSPS) is 18.7. The smallest absolute Gasteiger partial charge is 0.257 e. The average Bonchev–Trinajstić information content (AvgIpc) is 3.57. The topological polar surface area (TPSA) is 83.1 Å². The zero-order chi connectivity index (χ0) is 30.2. The van der Waals surface area contributed by atoms with Gasteiger partial charge in [-0.3, -0.25) is 9.58 Å². The van der Waals surface area contributed by atoms with Gasteiger partial charge in [0.1, 0.15) is 24.5 Å². The highest BCUT2D eigenvalue weighted by Crippen LogP contribution is 2.33. The summed E-state index contributed by atoms with van der Waals surface area (Å²) in [5.41, 5.74) is 5.46. The molecule has 2 saturated heterocycles. The first-order valence-corrected chi connectivity index (χ1v) is 15.4. The van der Waals surface area contributed by atoms with Gasteiger partial charge in [0, 0.05) is 35.4 Å². The molecule has 1 aromatic carbocycles. The summed E-state index contributed by atoms with van der Waals surface area (Å²) in [4.78, 5) is 17.2. The van der Waals surface area contributed by atoms with Gasteiger partial charge in [-0.15, -0.1) is 0 Å². The lowest BCUT2D eigenvalue weighted by Crippen LogP contribution is -2.37. The summed E-state index contributed by atoms with van der Waals surface area (Å²) in [5, 5.41) is 4.92. The van der Waals surface area contributed by atoms with Crippen LogP contribution in [0.3, 0.4) is 0 Å². The van der Waals surface area contributed by atoms with Crippen LogP contribution in [0.1, 0.15) is 60.9 Å². The van der Waals surface area contributed by atoms with E-state index in [1.165, 1.54) is 4.68 Å². The minimum absolute atomic E-state index is 0.155. The molecule has 0 bridgehead atoms. The Morgan fingerprint density at radius 1 is 1.02 bits per heavy atom. The van der Waals surface area contributed by atoms with E-state index in [1.807, 2.05) is 43.3 Å². The molecule has 9 nitrogen and oxygen atoms in total. The third-order valence-corrected chi connectivity index (χ3v) is 8.96. The van der Waals surface area contributed by atoms with E-state index in [4.69, 9.17) is 24.4 Å². The number of nitrogens with zero attached hydrogens (tertiary/aromatic N) is 7. The van der Waals surface area contributed by atoms with E-state index in [2.05, 4.69) is 33.6 Å². The Bertz CT molecular complexity index is 1760. The summed E-state index contributed by atoms with van der Waals surface area (Å²) < 4.78 is 41.3. The molecule has 2 atom stereocenters. The second-order valence-electron chi connectivity index (χ2n) is 11.9. The second kappa shape index (κ2) is 12.2. The Balaban J connectivity index is 1.00. The van der Waals surface area contributed by atoms with Crippen molar-refractivity contribution in [1.29, 1.82) is 0 Å². The number of alkyl halides is 2. The number of halogens is 2. The molecule has 2 aliphatic heterocycles. The molecule has 0 aliphatic carbocycles. The van der Waals surface area contributed by atoms with E-state index in [-0.39, 0.29) is 12.1 Å². The first kappa shape index (κ1) is 28.8. The first-order chi connectivity index (χ1) is 21.4. The summed E-state index contributed by atoms with van der Waals surface area (Å²) >= 11 is 0. The summed E-state index contributed by atoms with van der Waals surface area (Å²) in [5.74, 6) is 1.96. The monoisotopic (exact) mass is 601 g/mol. The molecule has 44 heavy (non-hydrogen) atoms. The van der Waals surface area contributed by atoms with Gasteiger partial charge in [0.05, 0.1) is 30.4 Å². The predicted octanol–water partition coefficient (Wildman–Crippen LogP) is 6.06. The number of aryl methyl sites for hydroxylation is 1. The zero-order valence-corrected chi connectivity index (χ0v) is 25.1. The van der Waals surface area contributed by atoms with Crippen LogP contribution in [-0.2, 0) is 24.4 Å². The molecule has 11 heteroatoms. The quantitative estimate of drug-likeness (QED) is 0.193. The van der Waals surface area contributed by atoms with Crippen LogP contribution in [0.25, 0.3) is 22.1 Å². The van der Waals surface area contributed by atoms with Gasteiger partial charge in [0.15, 0.2) is 5.65 Å². The molecule has 2 unspecified atom stereocenters. The van der Waals surface area contributed by atoms with E-state index in [0.29, 0.717) is 23.9 Å². The number of hydrogen-bond acceptors (Lipinski definition) is 7. The standard InChI is InChI=1S/C33H37F2N7O2/c1-21-6-9-28-33(37-21)41(18-26-12-15-43-26)32(39-28)22(2)40-13-10-24(11-14-40)27-4-3-5-31(38-27)44-20-23-7-8-25-17-36-42(19-30(34)35)29(25)16-23/h3-9,16-17,22,24,26,30H,10-15,18-20H2,1-2H3. The number of benzene rings is 1. The number of likely N-dealkylation sites (tertiary alicyclic amines) is 1. The maximum Gasteiger partial charge on any atom is 0.257 e. The minimum Gasteiger partial charge on any atom is -0.473 e. The van der Waals surface area contributed by atoms with E-state index in [9.17, 15) is 8.78 Å². The Morgan fingerprint density at radius 3 is 2.64 bits per heavy atom. The fourth-order valence-corrected chi connectivity index (χ4v) is 6.37. The van der Waals surface area contributed by atoms with Crippen molar-refractivity contribution in [2.24, 2.45) is 0 Å². The maximum absolute atomic E-state index is 12.9. The van der Waals surface area contributed by atoms with Gasteiger partial charge in [-0.2, -0.15) is 5.10 Å². The van der Waals surface area contributed by atoms with Gasteiger partial charge in [-0.05, 0) is 76.0 Å². The number of rotatable bonds is 10. The molecule has 2 aliphatic rings. The van der Waals surface area contributed by atoms with E-state index in [0.717, 1.165) is 84.8 Å². The highest BCUT2D eigenvalue weighted by molar-refractivity contribution is 5.79. The summed E-state index contributed by atoms with van der Waals surface area (Å²) in [7, 11) is 0. The number of fused-ring (bicyclic) bond motifs is 2. The first-order valence-electron chi connectivity index (χ1n) is 15.4. The van der Waals surface area contributed by atoms with Gasteiger partial charge in [0.2, 0.25) is 5.88 Å². The number of ether oxygens (including phenoxy) is 2. The molecule has 230 valence electrons. The van der Waals surface area contributed by atoms with Crippen molar-refractivity contribution >= 4 is 22.1 Å². The summed E-state index contributed by atoms with van der Waals surface area (Å²) in [6.45, 7) is 7.64. The number of pyridine rings is 2. The largest absolute Gasteiger partial charge is 0.473 e. The Morgan fingerprint density at radius 2 is 1.86 bits per heavy atom. The number of aromatic nitrogens is 6. The van der Waals surface area contributed by atoms with Gasteiger partial charge in [-0.1, -0.05) is 18.2 Å². The Kier molecular flexibility index (Phi) is 7.98. The second-order valence-corrected chi connectivity index (χ2v) is 11.9. The Hall–Kier alpha value is -3.96. The molecule has 6 heterocycles. The Labute approximate surface area is 254 Å². The SMILES string of the molecule is Cc1ccc2nc(C(C)N3CCC(c4cccc(OCc5ccc6cnn(CC(F)F)c6c5)n4)CC3)n(CC3CCO3)c2n1. The van der Waals surface area contributed by atoms with Crippen LogP contribution in [0.5, 0.6) is 5.88 Å². The molecule has 0 amide bonds. The molecular weight excluding hydrogens is 564 g/mol. The van der Waals surface area contributed by atoms with E-state index >= 15 is 0 Å². The van der Waals surface area contributed by atoms with Crippen LogP contribution in [0.2, 0.25) is 0 Å². The molecule has 5 aromatic rings. The molecule has 0 spiro atoms. The predicted molar refractivity (Wildman–Crippen MR) is 163 cm³/mol. The zero-order valence-electron chi connectivity index (χ0n) is 25.1. The number of hydrogen-bond donors (Lipinski definition) is 0. The third-order valence-electron chi connectivity index (χ3n) is 8.96. The molecule has 7 rings (SSSR count). The third kappa shape index (κ3) is 5.90. The van der Waals surface area contributed by atoms with E-state index in [1.54, 1.807) is 6.20 Å². The molecule has 4 aromatic heterocycles. The van der Waals surface area contributed by atoms with E-state index < -0.39 is 13.0 Å². The lowest BCUT2D eigenvalue weighted by Gasteiger charge is -2.36. The summed E-state index contributed by atoms with van der Waals surface area (Å²) in [6.07, 6.45) is 2.44. The molecule has 0 radical (unpaired) electrons. The van der Waals surface area contributed by atoms with Crippen molar-refractivity contribution in [3.63, 3.8) is 0 Å². The van der Waals surface area contributed by atoms with Crippen LogP contribution < -0.4 is 4.74 Å². The average molecular weight is 602 g/mol. The van der Waals surface area contributed by atoms with Crippen molar-refractivity contribution in [2.45, 2.75) is 77.3 Å². The molecule has 0 N–H and O–H groups in total. The highest BCUT2D eigenvalue weighted by atomic mass is 19.3. The lowest BCUT2D eigenvalue weighted by atomic mass is 9.92. The number of piperidine rings is 1. The maximum atomic E-state index is 12.9. The van der Waals surface area contributed by atoms with Crippen molar-refractivity contribution in [3.8, 4) is 5.88 Å². The highest BCUT2D eigenvalue weighted by Gasteiger charge is 2.30. The lowest BCUT2D eigenvalue weighted by molar-refractivity contribution is -0.0595. The fourth-order valence-electron chi connectivity index (χ4n) is 6.37. The number of imidazole rings is 1. The van der Waals surface area contributed by atoms with Crippen molar-refractivity contribution < 1.29 is 18.3 Å². The van der Waals surface area contributed by atoms with Crippen LogP contribution in [-0.4, -0.2) is 66.4 Å². The molecular formula is C33H37F2N7O2. The van der Waals surface area contributed by atoms with Crippen LogP contribution >= 0.6 is 0 Å². The van der Waals surface area contributed by atoms with Gasteiger partial charge >= 0.3 is 0 Å². The minimum atomic E-state index is -2.46. The van der Waals surface area contributed by atoms with Gasteiger partial charge in [-0.25, -0.2) is 23.7 Å². The van der Waals surface area contributed by atoms with Crippen LogP contribution in [0.15, 0.2) is 54.7 Å². The molecule has 2 fully saturated rings. The molecule has 0 saturated carbocycles. The van der Waals surface area contributed by atoms with Gasteiger partial charge in [0.25, 0.3) is 6.43 Å². The van der Waals surface area contributed by atoms with Crippen molar-refractivity contribution in [3.05, 3.63) is 77.5 Å². The van der Waals surface area contributed by atoms with Crippen LogP contribution in [0.4, 0.5) is 8.78 Å². The van der Waals surface area contributed by atoms with Crippen molar-refractivity contribution in [2.75, 3.05) is 19.7 Å². The van der Waals surface area contributed by atoms with Gasteiger partial charge < -0.3 is 14.0 Å². The summed E-state index contributed by atoms with van der Waals surface area (Å²) in [6, 6.07) is 15.9. The van der Waals surface area contributed by atoms with Crippen LogP contribution in [0, 0.1) is 6.92 Å².